The average Bonchev–Trinajstić information content (AvgIpc) is 3.27. The number of likely N-dealkylation sites (N-methyl/N-ethyl adjacent to an activating group) is 1. The number of halogens is 1. The number of rotatable bonds is 2. The third-order valence-corrected chi connectivity index (χ3v) is 6.01. The summed E-state index contributed by atoms with van der Waals surface area (Å²) in [6, 6.07) is 6.80. The summed E-state index contributed by atoms with van der Waals surface area (Å²) in [5.74, 6) is -0.243. The number of fused-ring (bicyclic) bond motifs is 2. The normalized spacial score (nSPS) is 24.2. The van der Waals surface area contributed by atoms with Crippen LogP contribution in [0.15, 0.2) is 30.5 Å². The molecule has 3 aromatic rings. The monoisotopic (exact) mass is 359 g/mol. The topological polar surface area (TPSA) is 45.9 Å². The minimum absolute atomic E-state index is 0.243. The van der Waals surface area contributed by atoms with Gasteiger partial charge >= 0.3 is 0 Å². The third kappa shape index (κ3) is 2.61. The molecule has 0 bridgehead atoms. The van der Waals surface area contributed by atoms with Crippen LogP contribution in [0, 0.1) is 5.82 Å². The van der Waals surface area contributed by atoms with Gasteiger partial charge in [0.1, 0.15) is 5.82 Å². The van der Waals surface area contributed by atoms with Crippen LogP contribution in [-0.2, 0) is 4.74 Å². The van der Waals surface area contributed by atoms with E-state index in [-0.39, 0.29) is 11.9 Å². The standard InChI is InChI=1S/C17H18FN5OS/c1-21-6-7-24-15-10-22(9-14(15)21)17-20-23-8-13(19-16(23)25-17)11-2-4-12(18)5-3-11/h2-5,8,14-15H,6-7,9-10H2,1H3. The first-order valence-electron chi connectivity index (χ1n) is 8.36. The zero-order chi connectivity index (χ0) is 17.0. The lowest BCUT2D eigenvalue weighted by atomic mass is 10.1. The lowest BCUT2D eigenvalue weighted by Crippen LogP contribution is -2.48. The predicted octanol–water partition coefficient (Wildman–Crippen LogP) is 2.12. The summed E-state index contributed by atoms with van der Waals surface area (Å²) in [7, 11) is 2.16. The third-order valence-electron chi connectivity index (χ3n) is 5.02. The lowest BCUT2D eigenvalue weighted by Gasteiger charge is -2.33. The molecule has 8 heteroatoms. The zero-order valence-electron chi connectivity index (χ0n) is 13.8. The van der Waals surface area contributed by atoms with Crippen LogP contribution in [0.4, 0.5) is 9.52 Å². The molecule has 0 saturated carbocycles. The number of hydrogen-bond donors (Lipinski definition) is 0. The molecule has 2 unspecified atom stereocenters. The Kier molecular flexibility index (Phi) is 3.51. The molecule has 2 aliphatic rings. The van der Waals surface area contributed by atoms with Crippen LogP contribution in [0.5, 0.6) is 0 Å². The van der Waals surface area contributed by atoms with Gasteiger partial charge in [-0.05, 0) is 31.3 Å². The van der Waals surface area contributed by atoms with Crippen LogP contribution < -0.4 is 4.90 Å². The predicted molar refractivity (Wildman–Crippen MR) is 94.6 cm³/mol. The van der Waals surface area contributed by atoms with E-state index < -0.39 is 0 Å². The van der Waals surface area contributed by atoms with Gasteiger partial charge in [0.15, 0.2) is 0 Å². The molecule has 2 aromatic heterocycles. The van der Waals surface area contributed by atoms with Gasteiger partial charge in [0.25, 0.3) is 0 Å². The van der Waals surface area contributed by atoms with Gasteiger partial charge in [0.05, 0.1) is 30.6 Å². The number of ether oxygens (including phenoxy) is 1. The van der Waals surface area contributed by atoms with Crippen molar-refractivity contribution < 1.29 is 9.13 Å². The van der Waals surface area contributed by atoms with E-state index in [1.165, 1.54) is 12.1 Å². The summed E-state index contributed by atoms with van der Waals surface area (Å²) in [4.78, 5) is 10.1. The Hall–Kier alpha value is -2.03. The summed E-state index contributed by atoms with van der Waals surface area (Å²) in [6.07, 6.45) is 2.15. The van der Waals surface area contributed by atoms with Crippen LogP contribution in [0.2, 0.25) is 0 Å². The highest BCUT2D eigenvalue weighted by Gasteiger charge is 2.39. The van der Waals surface area contributed by atoms with Gasteiger partial charge in [-0.1, -0.05) is 11.3 Å². The van der Waals surface area contributed by atoms with Crippen molar-refractivity contribution in [2.45, 2.75) is 12.1 Å². The Labute approximate surface area is 148 Å². The summed E-state index contributed by atoms with van der Waals surface area (Å²) < 4.78 is 20.8. The van der Waals surface area contributed by atoms with Crippen molar-refractivity contribution in [3.8, 4) is 11.3 Å². The van der Waals surface area contributed by atoms with Gasteiger partial charge in [0.2, 0.25) is 10.1 Å². The Morgan fingerprint density at radius 1 is 1.24 bits per heavy atom. The van der Waals surface area contributed by atoms with Crippen molar-refractivity contribution in [3.05, 3.63) is 36.3 Å². The Morgan fingerprint density at radius 2 is 2.08 bits per heavy atom. The molecule has 2 aliphatic heterocycles. The first kappa shape index (κ1) is 15.2. The first-order valence-corrected chi connectivity index (χ1v) is 9.18. The molecule has 5 rings (SSSR count). The number of nitrogens with zero attached hydrogens (tertiary/aromatic N) is 5. The molecule has 6 nitrogen and oxygen atoms in total. The highest BCUT2D eigenvalue weighted by molar-refractivity contribution is 7.20. The maximum absolute atomic E-state index is 13.1. The maximum atomic E-state index is 13.1. The van der Waals surface area contributed by atoms with E-state index in [2.05, 4.69) is 21.8 Å². The molecule has 0 amide bonds. The lowest BCUT2D eigenvalue weighted by molar-refractivity contribution is -0.0362. The molecule has 0 N–H and O–H groups in total. The number of aromatic nitrogens is 3. The highest BCUT2D eigenvalue weighted by atomic mass is 32.1. The Bertz CT molecular complexity index is 876. The molecule has 2 saturated heterocycles. The molecule has 2 atom stereocenters. The van der Waals surface area contributed by atoms with E-state index in [1.807, 2.05) is 10.7 Å². The summed E-state index contributed by atoms with van der Waals surface area (Å²) in [6.45, 7) is 3.59. The summed E-state index contributed by atoms with van der Waals surface area (Å²) in [5.41, 5.74) is 1.70. The van der Waals surface area contributed by atoms with Crippen LogP contribution in [0.25, 0.3) is 16.2 Å². The minimum atomic E-state index is -0.243. The zero-order valence-corrected chi connectivity index (χ0v) is 14.6. The fourth-order valence-electron chi connectivity index (χ4n) is 3.59. The van der Waals surface area contributed by atoms with E-state index in [0.717, 1.165) is 47.6 Å². The number of benzene rings is 1. The quantitative estimate of drug-likeness (QED) is 0.701. The molecule has 25 heavy (non-hydrogen) atoms. The fraction of sp³-hybridized carbons (Fsp3) is 0.412. The molecular weight excluding hydrogens is 341 g/mol. The van der Waals surface area contributed by atoms with Gasteiger partial charge in [-0.15, -0.1) is 5.10 Å². The van der Waals surface area contributed by atoms with Crippen molar-refractivity contribution in [2.24, 2.45) is 0 Å². The van der Waals surface area contributed by atoms with Crippen molar-refractivity contribution in [1.82, 2.24) is 19.5 Å². The van der Waals surface area contributed by atoms with E-state index >= 15 is 0 Å². The fourth-order valence-corrected chi connectivity index (χ4v) is 4.49. The van der Waals surface area contributed by atoms with Crippen LogP contribution in [0.3, 0.4) is 0 Å². The van der Waals surface area contributed by atoms with Crippen LogP contribution in [0.1, 0.15) is 0 Å². The van der Waals surface area contributed by atoms with Crippen molar-refractivity contribution >= 4 is 21.4 Å². The Morgan fingerprint density at radius 3 is 2.84 bits per heavy atom. The molecule has 4 heterocycles. The van der Waals surface area contributed by atoms with Crippen molar-refractivity contribution in [1.29, 1.82) is 0 Å². The van der Waals surface area contributed by atoms with Crippen molar-refractivity contribution in [3.63, 3.8) is 0 Å². The molecule has 0 radical (unpaired) electrons. The Balaban J connectivity index is 1.40. The minimum Gasteiger partial charge on any atom is -0.373 e. The van der Waals surface area contributed by atoms with Gasteiger partial charge < -0.3 is 9.64 Å². The smallest absolute Gasteiger partial charge is 0.214 e. The average molecular weight is 359 g/mol. The largest absolute Gasteiger partial charge is 0.373 e. The number of anilines is 1. The van der Waals surface area contributed by atoms with E-state index in [0.29, 0.717) is 6.04 Å². The number of hydrogen-bond acceptors (Lipinski definition) is 6. The molecule has 2 fully saturated rings. The highest BCUT2D eigenvalue weighted by Crippen LogP contribution is 2.31. The number of morpholine rings is 1. The summed E-state index contributed by atoms with van der Waals surface area (Å²) in [5, 5.41) is 5.66. The SMILES string of the molecule is CN1CCOC2CN(c3nn4cc(-c5ccc(F)cc5)nc4s3)CC21. The van der Waals surface area contributed by atoms with E-state index in [9.17, 15) is 4.39 Å². The second kappa shape index (κ2) is 5.76. The van der Waals surface area contributed by atoms with Gasteiger partial charge in [-0.25, -0.2) is 13.9 Å². The van der Waals surface area contributed by atoms with Gasteiger partial charge in [-0.2, -0.15) is 0 Å². The van der Waals surface area contributed by atoms with E-state index in [4.69, 9.17) is 9.84 Å². The molecular formula is C17H18FN5OS. The van der Waals surface area contributed by atoms with Crippen LogP contribution >= 0.6 is 11.3 Å². The second-order valence-electron chi connectivity index (χ2n) is 6.61. The second-order valence-corrected chi connectivity index (χ2v) is 7.54. The van der Waals surface area contributed by atoms with Crippen molar-refractivity contribution in [2.75, 3.05) is 38.2 Å². The maximum Gasteiger partial charge on any atom is 0.214 e. The van der Waals surface area contributed by atoms with Gasteiger partial charge in [-0.3, -0.25) is 4.90 Å². The molecule has 0 aliphatic carbocycles. The summed E-state index contributed by atoms with van der Waals surface area (Å²) >= 11 is 1.58. The first-order chi connectivity index (χ1) is 12.2. The number of imidazole rings is 1. The van der Waals surface area contributed by atoms with E-state index in [1.54, 1.807) is 23.5 Å². The molecule has 130 valence electrons. The van der Waals surface area contributed by atoms with Gasteiger partial charge in [0, 0.05) is 25.2 Å². The molecule has 1 aromatic carbocycles. The van der Waals surface area contributed by atoms with Crippen LogP contribution in [-0.4, -0.2) is 64.9 Å². The molecule has 0 spiro atoms.